The van der Waals surface area contributed by atoms with E-state index in [-0.39, 0.29) is 17.6 Å². The molecule has 1 atom stereocenters. The summed E-state index contributed by atoms with van der Waals surface area (Å²) in [5.41, 5.74) is 0. The van der Waals surface area contributed by atoms with Crippen molar-refractivity contribution in [2.75, 3.05) is 19.8 Å². The van der Waals surface area contributed by atoms with Gasteiger partial charge in [-0.25, -0.2) is 0 Å². The lowest BCUT2D eigenvalue weighted by atomic mass is 10.0. The lowest BCUT2D eigenvalue weighted by Crippen LogP contribution is -2.27. The van der Waals surface area contributed by atoms with Crippen molar-refractivity contribution in [1.29, 1.82) is 0 Å². The quantitative estimate of drug-likeness (QED) is 0.588. The second-order valence-electron chi connectivity index (χ2n) is 5.42. The van der Waals surface area contributed by atoms with Crippen molar-refractivity contribution in [3.05, 3.63) is 0 Å². The molecule has 0 aliphatic rings. The van der Waals surface area contributed by atoms with Gasteiger partial charge >= 0.3 is 0 Å². The minimum atomic E-state index is 0.0768. The van der Waals surface area contributed by atoms with Gasteiger partial charge in [-0.05, 0) is 18.8 Å². The zero-order chi connectivity index (χ0) is 14.7. The van der Waals surface area contributed by atoms with Crippen molar-refractivity contribution in [3.8, 4) is 0 Å². The largest absolute Gasteiger partial charge is 0.379 e. The van der Waals surface area contributed by atoms with Crippen LogP contribution in [0, 0.1) is 11.8 Å². The fourth-order valence-corrected chi connectivity index (χ4v) is 1.52. The van der Waals surface area contributed by atoms with E-state index in [1.54, 1.807) is 0 Å². The zero-order valence-electron chi connectivity index (χ0n) is 12.8. The maximum absolute atomic E-state index is 11.5. The van der Waals surface area contributed by atoms with E-state index in [1.807, 2.05) is 13.8 Å². The van der Waals surface area contributed by atoms with Crippen LogP contribution in [-0.4, -0.2) is 31.4 Å². The number of carbonyl (C=O) groups is 2. The highest BCUT2D eigenvalue weighted by Crippen LogP contribution is 2.05. The Bertz CT molecular complexity index is 264. The second kappa shape index (κ2) is 11.0. The molecule has 0 bridgehead atoms. The SMILES string of the molecule is CCC(C)C(=O)CCOCCNC(=O)CCC(C)C. The van der Waals surface area contributed by atoms with Crippen molar-refractivity contribution >= 4 is 11.7 Å². The Morgan fingerprint density at radius 2 is 1.79 bits per heavy atom. The predicted molar refractivity (Wildman–Crippen MR) is 77.0 cm³/mol. The molecule has 4 nitrogen and oxygen atoms in total. The molecule has 1 N–H and O–H groups in total. The first kappa shape index (κ1) is 18.1. The van der Waals surface area contributed by atoms with E-state index in [2.05, 4.69) is 19.2 Å². The Labute approximate surface area is 117 Å². The first-order valence-corrected chi connectivity index (χ1v) is 7.34. The van der Waals surface area contributed by atoms with Gasteiger partial charge in [-0.1, -0.05) is 27.7 Å². The van der Waals surface area contributed by atoms with Gasteiger partial charge in [0.25, 0.3) is 0 Å². The summed E-state index contributed by atoms with van der Waals surface area (Å²) in [6.45, 7) is 9.60. The van der Waals surface area contributed by atoms with Crippen LogP contribution in [0.4, 0.5) is 0 Å². The topological polar surface area (TPSA) is 55.4 Å². The van der Waals surface area contributed by atoms with Crippen LogP contribution >= 0.6 is 0 Å². The van der Waals surface area contributed by atoms with Crippen LogP contribution in [0.25, 0.3) is 0 Å². The van der Waals surface area contributed by atoms with Crippen molar-refractivity contribution in [1.82, 2.24) is 5.32 Å². The molecule has 1 amide bonds. The molecule has 0 fully saturated rings. The Morgan fingerprint density at radius 1 is 1.11 bits per heavy atom. The Balaban J connectivity index is 3.40. The molecule has 0 saturated carbocycles. The number of ether oxygens (including phenoxy) is 1. The number of amides is 1. The van der Waals surface area contributed by atoms with Crippen molar-refractivity contribution < 1.29 is 14.3 Å². The third-order valence-electron chi connectivity index (χ3n) is 3.17. The number of carbonyl (C=O) groups excluding carboxylic acids is 2. The summed E-state index contributed by atoms with van der Waals surface area (Å²) in [6, 6.07) is 0. The van der Waals surface area contributed by atoms with Gasteiger partial charge in [-0.15, -0.1) is 0 Å². The van der Waals surface area contributed by atoms with Gasteiger partial charge in [0.05, 0.1) is 13.2 Å². The second-order valence-corrected chi connectivity index (χ2v) is 5.42. The van der Waals surface area contributed by atoms with Crippen LogP contribution in [0.2, 0.25) is 0 Å². The number of nitrogens with one attached hydrogen (secondary N) is 1. The monoisotopic (exact) mass is 271 g/mol. The molecule has 0 rings (SSSR count). The number of hydrogen-bond acceptors (Lipinski definition) is 3. The van der Waals surface area contributed by atoms with Crippen molar-refractivity contribution in [2.45, 2.75) is 53.4 Å². The standard InChI is InChI=1S/C15H29NO3/c1-5-13(4)14(17)8-10-19-11-9-16-15(18)7-6-12(2)3/h12-13H,5-11H2,1-4H3,(H,16,18). The Morgan fingerprint density at radius 3 is 2.37 bits per heavy atom. The minimum absolute atomic E-state index is 0.0768. The summed E-state index contributed by atoms with van der Waals surface area (Å²) in [6.07, 6.45) is 2.83. The summed E-state index contributed by atoms with van der Waals surface area (Å²) < 4.78 is 5.34. The van der Waals surface area contributed by atoms with Gasteiger partial charge in [-0.3, -0.25) is 9.59 Å². The highest BCUT2D eigenvalue weighted by Gasteiger charge is 2.09. The smallest absolute Gasteiger partial charge is 0.220 e. The average molecular weight is 271 g/mol. The van der Waals surface area contributed by atoms with E-state index < -0.39 is 0 Å². The van der Waals surface area contributed by atoms with E-state index >= 15 is 0 Å². The summed E-state index contributed by atoms with van der Waals surface area (Å²) in [5, 5.41) is 2.81. The fraction of sp³-hybridized carbons (Fsp3) is 0.867. The molecule has 0 aliphatic heterocycles. The van der Waals surface area contributed by atoms with Gasteiger partial charge in [0, 0.05) is 25.3 Å². The molecular formula is C15H29NO3. The van der Waals surface area contributed by atoms with Gasteiger partial charge in [-0.2, -0.15) is 0 Å². The van der Waals surface area contributed by atoms with E-state index in [9.17, 15) is 9.59 Å². The van der Waals surface area contributed by atoms with Crippen molar-refractivity contribution in [2.24, 2.45) is 11.8 Å². The molecule has 0 radical (unpaired) electrons. The van der Waals surface area contributed by atoms with E-state index in [0.29, 0.717) is 38.5 Å². The summed E-state index contributed by atoms with van der Waals surface area (Å²) in [7, 11) is 0. The van der Waals surface area contributed by atoms with Crippen LogP contribution in [0.3, 0.4) is 0 Å². The number of hydrogen-bond donors (Lipinski definition) is 1. The van der Waals surface area contributed by atoms with Gasteiger partial charge in [0.2, 0.25) is 5.91 Å². The molecule has 0 aromatic rings. The number of ketones is 1. The summed E-state index contributed by atoms with van der Waals surface area (Å²) >= 11 is 0. The van der Waals surface area contributed by atoms with Crippen LogP contribution in [0.1, 0.15) is 53.4 Å². The first-order valence-electron chi connectivity index (χ1n) is 7.34. The third-order valence-corrected chi connectivity index (χ3v) is 3.17. The zero-order valence-corrected chi connectivity index (χ0v) is 12.8. The van der Waals surface area contributed by atoms with E-state index in [4.69, 9.17) is 4.74 Å². The van der Waals surface area contributed by atoms with Crippen LogP contribution < -0.4 is 5.32 Å². The summed E-state index contributed by atoms with van der Waals surface area (Å²) in [5.74, 6) is 1.00. The number of rotatable bonds is 11. The normalized spacial score (nSPS) is 12.5. The molecule has 4 heteroatoms. The molecule has 0 heterocycles. The Hall–Kier alpha value is -0.900. The maximum atomic E-state index is 11.5. The predicted octanol–water partition coefficient (Wildman–Crippen LogP) is 2.56. The van der Waals surface area contributed by atoms with Crippen LogP contribution in [0.15, 0.2) is 0 Å². The van der Waals surface area contributed by atoms with Crippen LogP contribution in [0.5, 0.6) is 0 Å². The lowest BCUT2D eigenvalue weighted by Gasteiger charge is -2.09. The average Bonchev–Trinajstić information content (AvgIpc) is 2.38. The molecule has 0 spiro atoms. The molecule has 19 heavy (non-hydrogen) atoms. The van der Waals surface area contributed by atoms with Gasteiger partial charge in [0.15, 0.2) is 0 Å². The molecule has 0 aliphatic carbocycles. The first-order chi connectivity index (χ1) is 8.97. The van der Waals surface area contributed by atoms with E-state index in [0.717, 1.165) is 12.8 Å². The van der Waals surface area contributed by atoms with E-state index in [1.165, 1.54) is 0 Å². The molecule has 0 aromatic heterocycles. The molecular weight excluding hydrogens is 242 g/mol. The molecule has 112 valence electrons. The molecule has 0 aromatic carbocycles. The number of Topliss-reactive ketones (excluding diaryl/α,β-unsaturated/α-hetero) is 1. The van der Waals surface area contributed by atoms with Crippen molar-refractivity contribution in [3.63, 3.8) is 0 Å². The third kappa shape index (κ3) is 10.7. The van der Waals surface area contributed by atoms with Gasteiger partial charge < -0.3 is 10.1 Å². The van der Waals surface area contributed by atoms with Gasteiger partial charge in [0.1, 0.15) is 5.78 Å². The highest BCUT2D eigenvalue weighted by atomic mass is 16.5. The highest BCUT2D eigenvalue weighted by molar-refractivity contribution is 5.80. The minimum Gasteiger partial charge on any atom is -0.379 e. The molecule has 0 saturated heterocycles. The molecule has 1 unspecified atom stereocenters. The fourth-order valence-electron chi connectivity index (χ4n) is 1.52. The maximum Gasteiger partial charge on any atom is 0.220 e. The lowest BCUT2D eigenvalue weighted by molar-refractivity contribution is -0.124. The summed E-state index contributed by atoms with van der Waals surface area (Å²) in [4.78, 5) is 22.9. The Kier molecular flexibility index (Phi) is 10.5. The van der Waals surface area contributed by atoms with Crippen LogP contribution in [-0.2, 0) is 14.3 Å².